The highest BCUT2D eigenvalue weighted by molar-refractivity contribution is 7.89. The first-order valence-electron chi connectivity index (χ1n) is 13.1. The molecule has 2 N–H and O–H groups in total. The quantitative estimate of drug-likeness (QED) is 0.266. The van der Waals surface area contributed by atoms with Gasteiger partial charge in [-0.15, -0.1) is 5.10 Å². The van der Waals surface area contributed by atoms with E-state index in [4.69, 9.17) is 14.7 Å². The van der Waals surface area contributed by atoms with Gasteiger partial charge >= 0.3 is 0 Å². The average Bonchev–Trinajstić information content (AvgIpc) is 3.19. The minimum atomic E-state index is -3.81. The summed E-state index contributed by atoms with van der Waals surface area (Å²) in [5.74, 6) is 0.608. The Morgan fingerprint density at radius 1 is 1.21 bits per heavy atom. The van der Waals surface area contributed by atoms with E-state index in [0.717, 1.165) is 23.2 Å². The number of aryl methyl sites for hydroxylation is 2. The number of β-amino-alcohol motifs (C(OH)–C–C–N with tert-alkyl or cyclic N) is 1. The van der Waals surface area contributed by atoms with Crippen molar-refractivity contribution in [1.29, 1.82) is 0 Å². The first-order chi connectivity index (χ1) is 18.8. The number of H-pyrrole nitrogens is 1. The Labute approximate surface area is 227 Å². The van der Waals surface area contributed by atoms with E-state index in [-0.39, 0.29) is 22.9 Å². The summed E-state index contributed by atoms with van der Waals surface area (Å²) >= 11 is 0. The largest absolute Gasteiger partial charge is 0.493 e. The number of hydrogen-bond donors (Lipinski definition) is 2. The minimum Gasteiger partial charge on any atom is -0.493 e. The number of ether oxygens (including phenoxy) is 1. The number of fused-ring (bicyclic) bond motifs is 1. The van der Waals surface area contributed by atoms with Crippen molar-refractivity contribution in [2.75, 3.05) is 53.0 Å². The topological polar surface area (TPSA) is 142 Å². The number of sulfonamides is 1. The lowest BCUT2D eigenvalue weighted by Crippen LogP contribution is -2.49. The molecule has 3 heterocycles. The SMILES string of the molecule is CCCc1c(/C=N/OC)c(C)c2c(=O)[nH]c(-c3cc(S(=O)(=O)N4CCN(CCO)CC4)ccc3OCC)nn12. The normalized spacial score (nSPS) is 15.4. The molecule has 3 aromatic rings. The van der Waals surface area contributed by atoms with E-state index < -0.39 is 10.0 Å². The molecule has 2 aromatic heterocycles. The first kappa shape index (κ1) is 28.7. The van der Waals surface area contributed by atoms with Gasteiger partial charge in [0.25, 0.3) is 5.56 Å². The molecule has 0 bridgehead atoms. The molecule has 4 rings (SSSR count). The van der Waals surface area contributed by atoms with Crippen LogP contribution in [0, 0.1) is 6.92 Å². The maximum Gasteiger partial charge on any atom is 0.275 e. The predicted octanol–water partition coefficient (Wildman–Crippen LogP) is 1.63. The third-order valence-electron chi connectivity index (χ3n) is 6.85. The van der Waals surface area contributed by atoms with Crippen LogP contribution in [0.15, 0.2) is 33.0 Å². The summed E-state index contributed by atoms with van der Waals surface area (Å²) in [5, 5.41) is 17.9. The maximum atomic E-state index is 13.6. The number of rotatable bonds is 11. The molecular weight excluding hydrogens is 524 g/mol. The summed E-state index contributed by atoms with van der Waals surface area (Å²) in [5.41, 5.74) is 2.69. The van der Waals surface area contributed by atoms with Gasteiger partial charge in [-0.2, -0.15) is 4.31 Å². The van der Waals surface area contributed by atoms with Crippen molar-refractivity contribution in [2.45, 2.75) is 38.5 Å². The molecule has 13 heteroatoms. The van der Waals surface area contributed by atoms with E-state index in [0.29, 0.717) is 62.6 Å². The molecule has 0 aliphatic carbocycles. The van der Waals surface area contributed by atoms with Gasteiger partial charge in [0.1, 0.15) is 18.4 Å². The molecular formula is C26H36N6O6S. The minimum absolute atomic E-state index is 0.0338. The van der Waals surface area contributed by atoms with Crippen LogP contribution in [0.25, 0.3) is 16.9 Å². The van der Waals surface area contributed by atoms with Gasteiger partial charge in [0.2, 0.25) is 10.0 Å². The van der Waals surface area contributed by atoms with E-state index in [1.807, 2.05) is 25.7 Å². The zero-order chi connectivity index (χ0) is 28.2. The Balaban J connectivity index is 1.83. The fourth-order valence-corrected chi connectivity index (χ4v) is 6.36. The zero-order valence-electron chi connectivity index (χ0n) is 22.8. The Morgan fingerprint density at radius 3 is 2.59 bits per heavy atom. The molecule has 12 nitrogen and oxygen atoms in total. The van der Waals surface area contributed by atoms with Crippen LogP contribution in [0.2, 0.25) is 0 Å². The summed E-state index contributed by atoms with van der Waals surface area (Å²) < 4.78 is 36.0. The van der Waals surface area contributed by atoms with Gasteiger partial charge in [-0.3, -0.25) is 9.69 Å². The van der Waals surface area contributed by atoms with Crippen molar-refractivity contribution < 1.29 is 23.1 Å². The lowest BCUT2D eigenvalue weighted by atomic mass is 10.1. The van der Waals surface area contributed by atoms with E-state index >= 15 is 0 Å². The van der Waals surface area contributed by atoms with Crippen LogP contribution >= 0.6 is 0 Å². The number of nitrogens with zero attached hydrogens (tertiary/aromatic N) is 5. The number of aromatic nitrogens is 3. The molecule has 1 saturated heterocycles. The van der Waals surface area contributed by atoms with Crippen molar-refractivity contribution in [2.24, 2.45) is 5.16 Å². The van der Waals surface area contributed by atoms with Crippen LogP contribution in [0.4, 0.5) is 0 Å². The van der Waals surface area contributed by atoms with Crippen molar-refractivity contribution >= 4 is 21.8 Å². The molecule has 0 atom stereocenters. The van der Waals surface area contributed by atoms with E-state index in [1.54, 1.807) is 16.8 Å². The van der Waals surface area contributed by atoms with Gasteiger partial charge < -0.3 is 19.7 Å². The Morgan fingerprint density at radius 2 is 1.95 bits per heavy atom. The number of hydrogen-bond acceptors (Lipinski definition) is 9. The fraction of sp³-hybridized carbons (Fsp3) is 0.500. The van der Waals surface area contributed by atoms with Gasteiger partial charge in [0, 0.05) is 38.3 Å². The lowest BCUT2D eigenvalue weighted by molar-refractivity contribution is 0.151. The van der Waals surface area contributed by atoms with Gasteiger partial charge in [-0.1, -0.05) is 18.5 Å². The second-order valence-electron chi connectivity index (χ2n) is 9.28. The summed E-state index contributed by atoms with van der Waals surface area (Å²) in [6, 6.07) is 4.62. The number of benzene rings is 1. The van der Waals surface area contributed by atoms with E-state index in [2.05, 4.69) is 10.1 Å². The second-order valence-corrected chi connectivity index (χ2v) is 11.2. The fourth-order valence-electron chi connectivity index (χ4n) is 4.92. The monoisotopic (exact) mass is 560 g/mol. The Bertz CT molecular complexity index is 1510. The van der Waals surface area contributed by atoms with Gasteiger partial charge in [-0.25, -0.2) is 12.9 Å². The molecule has 1 aliphatic rings. The molecule has 39 heavy (non-hydrogen) atoms. The van der Waals surface area contributed by atoms with Gasteiger partial charge in [0.05, 0.1) is 35.6 Å². The highest BCUT2D eigenvalue weighted by Gasteiger charge is 2.30. The predicted molar refractivity (Wildman–Crippen MR) is 148 cm³/mol. The molecule has 0 amide bonds. The summed E-state index contributed by atoms with van der Waals surface area (Å²) in [6.07, 6.45) is 3.03. The van der Waals surface area contributed by atoms with Crippen molar-refractivity contribution in [3.05, 3.63) is 45.4 Å². The maximum absolute atomic E-state index is 13.6. The average molecular weight is 561 g/mol. The number of nitrogens with one attached hydrogen (secondary N) is 1. The van der Waals surface area contributed by atoms with E-state index in [9.17, 15) is 18.3 Å². The molecule has 1 fully saturated rings. The standard InChI is InChI=1S/C26H36N6O6S/c1-5-7-22-21(17-27-37-4)18(3)24-26(34)28-25(29-32(22)24)20-16-19(8-9-23(20)38-6-2)39(35,36)31-12-10-30(11-13-31)14-15-33/h8-9,16-17,33H,5-7,10-15H2,1-4H3,(H,28,29,34)/b27-17+. The molecule has 212 valence electrons. The second kappa shape index (κ2) is 12.3. The summed E-state index contributed by atoms with van der Waals surface area (Å²) in [6.45, 7) is 8.31. The lowest BCUT2D eigenvalue weighted by Gasteiger charge is -2.33. The summed E-state index contributed by atoms with van der Waals surface area (Å²) in [4.78, 5) is 23.2. The van der Waals surface area contributed by atoms with Crippen molar-refractivity contribution in [1.82, 2.24) is 23.8 Å². The van der Waals surface area contributed by atoms with Crippen LogP contribution in [0.3, 0.4) is 0 Å². The van der Waals surface area contributed by atoms with Crippen molar-refractivity contribution in [3.63, 3.8) is 0 Å². The summed E-state index contributed by atoms with van der Waals surface area (Å²) in [7, 11) is -2.36. The Kier molecular flexibility index (Phi) is 9.05. The molecule has 0 saturated carbocycles. The number of oxime groups is 1. The van der Waals surface area contributed by atoms with Gasteiger partial charge in [0.15, 0.2) is 5.82 Å². The third kappa shape index (κ3) is 5.71. The van der Waals surface area contributed by atoms with Crippen LogP contribution in [-0.4, -0.2) is 96.6 Å². The molecule has 0 spiro atoms. The van der Waals surface area contributed by atoms with Crippen LogP contribution in [0.5, 0.6) is 5.75 Å². The number of aliphatic hydroxyl groups excluding tert-OH is 1. The van der Waals surface area contributed by atoms with Crippen LogP contribution in [-0.2, 0) is 21.3 Å². The van der Waals surface area contributed by atoms with Crippen LogP contribution in [0.1, 0.15) is 37.1 Å². The third-order valence-corrected chi connectivity index (χ3v) is 8.74. The number of aliphatic hydroxyl groups is 1. The molecule has 1 aromatic carbocycles. The van der Waals surface area contributed by atoms with E-state index in [1.165, 1.54) is 23.5 Å². The molecule has 0 unspecified atom stereocenters. The first-order valence-corrected chi connectivity index (χ1v) is 14.5. The number of aromatic amines is 1. The highest BCUT2D eigenvalue weighted by atomic mass is 32.2. The smallest absolute Gasteiger partial charge is 0.275 e. The zero-order valence-corrected chi connectivity index (χ0v) is 23.6. The molecule has 1 aliphatic heterocycles. The molecule has 0 radical (unpaired) electrons. The van der Waals surface area contributed by atoms with Crippen LogP contribution < -0.4 is 10.3 Å². The van der Waals surface area contributed by atoms with Gasteiger partial charge in [-0.05, 0) is 44.0 Å². The van der Waals surface area contributed by atoms with Crippen molar-refractivity contribution in [3.8, 4) is 17.1 Å². The Hall–Kier alpha value is -3.26. The number of piperazine rings is 1. The highest BCUT2D eigenvalue weighted by Crippen LogP contribution is 2.32.